The number of ketones is 1. The quantitative estimate of drug-likeness (QED) is 0.564. The Kier molecular flexibility index (Phi) is 3.38. The lowest BCUT2D eigenvalue weighted by Gasteiger charge is -2.11. The molecule has 2 atom stereocenters. The van der Waals surface area contributed by atoms with Gasteiger partial charge in [0.05, 0.1) is 5.41 Å². The number of hydrogen-bond donors (Lipinski definition) is 0. The van der Waals surface area contributed by atoms with Gasteiger partial charge in [-0.2, -0.15) is 0 Å². The van der Waals surface area contributed by atoms with E-state index in [0.29, 0.717) is 5.56 Å². The summed E-state index contributed by atoms with van der Waals surface area (Å²) in [6.45, 7) is 3.85. The summed E-state index contributed by atoms with van der Waals surface area (Å²) in [5, 5.41) is 0. The highest BCUT2D eigenvalue weighted by Gasteiger charge is 2.77. The second kappa shape index (κ2) is 4.86. The van der Waals surface area contributed by atoms with Crippen molar-refractivity contribution in [2.75, 3.05) is 0 Å². The monoisotopic (exact) mass is 318 g/mol. The Balaban J connectivity index is 1.97. The van der Waals surface area contributed by atoms with Crippen LogP contribution >= 0.6 is 23.2 Å². The second-order valence-electron chi connectivity index (χ2n) is 5.86. The molecule has 0 aromatic heterocycles. The summed E-state index contributed by atoms with van der Waals surface area (Å²) in [4.78, 5) is 12.9. The molecule has 0 amide bonds. The van der Waals surface area contributed by atoms with E-state index in [1.165, 1.54) is 0 Å². The van der Waals surface area contributed by atoms with E-state index in [4.69, 9.17) is 23.2 Å². The zero-order valence-corrected chi connectivity index (χ0v) is 13.4. The van der Waals surface area contributed by atoms with Crippen LogP contribution in [0.4, 0.5) is 0 Å². The molecule has 0 bridgehead atoms. The minimum absolute atomic E-state index is 0.00125. The van der Waals surface area contributed by atoms with Gasteiger partial charge in [-0.1, -0.05) is 83.4 Å². The number of rotatable bonds is 3. The minimum Gasteiger partial charge on any atom is -0.293 e. The minimum atomic E-state index is -1.06. The first-order valence-electron chi connectivity index (χ1n) is 6.93. The molecule has 0 saturated heterocycles. The van der Waals surface area contributed by atoms with Gasteiger partial charge < -0.3 is 0 Å². The van der Waals surface area contributed by atoms with Gasteiger partial charge in [0.2, 0.25) is 0 Å². The van der Waals surface area contributed by atoms with E-state index in [9.17, 15) is 4.79 Å². The third kappa shape index (κ3) is 2.11. The Labute approximate surface area is 134 Å². The van der Waals surface area contributed by atoms with Crippen LogP contribution in [-0.2, 0) is 0 Å². The van der Waals surface area contributed by atoms with E-state index >= 15 is 0 Å². The van der Waals surface area contributed by atoms with Crippen molar-refractivity contribution in [3.05, 3.63) is 71.3 Å². The molecule has 0 aliphatic heterocycles. The highest BCUT2D eigenvalue weighted by molar-refractivity contribution is 6.54. The van der Waals surface area contributed by atoms with Crippen molar-refractivity contribution in [3.8, 4) is 0 Å². The maximum absolute atomic E-state index is 12.9. The summed E-state index contributed by atoms with van der Waals surface area (Å²) in [5.41, 5.74) is 2.00. The molecule has 1 aliphatic carbocycles. The first-order chi connectivity index (χ1) is 9.89. The summed E-state index contributed by atoms with van der Waals surface area (Å²) in [7, 11) is 0. The molecule has 0 radical (unpaired) electrons. The Morgan fingerprint density at radius 1 is 1.00 bits per heavy atom. The smallest absolute Gasteiger partial charge is 0.172 e. The van der Waals surface area contributed by atoms with Crippen LogP contribution in [0.1, 0.15) is 34.3 Å². The molecule has 108 valence electrons. The van der Waals surface area contributed by atoms with Crippen LogP contribution in [0, 0.1) is 12.3 Å². The molecule has 0 heterocycles. The zero-order chi connectivity index (χ0) is 15.3. The van der Waals surface area contributed by atoms with E-state index in [0.717, 1.165) is 11.1 Å². The highest BCUT2D eigenvalue weighted by atomic mass is 35.5. The Bertz CT molecular complexity index is 676. The van der Waals surface area contributed by atoms with Crippen molar-refractivity contribution >= 4 is 29.0 Å². The summed E-state index contributed by atoms with van der Waals surface area (Å²) in [5.74, 6) is -0.176. The first kappa shape index (κ1) is 14.6. The summed E-state index contributed by atoms with van der Waals surface area (Å²) in [6, 6.07) is 17.3. The summed E-state index contributed by atoms with van der Waals surface area (Å²) >= 11 is 12.9. The lowest BCUT2D eigenvalue weighted by molar-refractivity contribution is 0.0906. The number of carbonyl (C=O) groups is 1. The van der Waals surface area contributed by atoms with Gasteiger partial charge in [-0.3, -0.25) is 4.79 Å². The van der Waals surface area contributed by atoms with E-state index in [1.807, 2.05) is 68.4 Å². The van der Waals surface area contributed by atoms with Crippen LogP contribution in [0.15, 0.2) is 54.6 Å². The summed E-state index contributed by atoms with van der Waals surface area (Å²) < 4.78 is -1.06. The number of hydrogen-bond acceptors (Lipinski definition) is 1. The van der Waals surface area contributed by atoms with Crippen molar-refractivity contribution in [1.82, 2.24) is 0 Å². The molecule has 1 nitrogen and oxygen atoms in total. The molecular weight excluding hydrogens is 303 g/mol. The normalized spacial score (nSPS) is 26.4. The maximum Gasteiger partial charge on any atom is 0.172 e. The number of aryl methyl sites for hydroxylation is 1. The molecule has 2 aromatic carbocycles. The van der Waals surface area contributed by atoms with Gasteiger partial charge in [-0.05, 0) is 19.4 Å². The standard InChI is InChI=1S/C18H16Cl2O/c1-12-8-10-14(11-9-12)16(21)17(2)15(18(17,19)20)13-6-4-3-5-7-13/h3-11,15H,1-2H3. The van der Waals surface area contributed by atoms with Gasteiger partial charge in [-0.15, -0.1) is 0 Å². The van der Waals surface area contributed by atoms with Crippen LogP contribution in [0.5, 0.6) is 0 Å². The molecule has 3 rings (SSSR count). The SMILES string of the molecule is Cc1ccc(C(=O)C2(C)C(c3ccccc3)C2(Cl)Cl)cc1. The first-order valence-corrected chi connectivity index (χ1v) is 7.69. The van der Waals surface area contributed by atoms with Gasteiger partial charge >= 0.3 is 0 Å². The van der Waals surface area contributed by atoms with Gasteiger partial charge in [0.1, 0.15) is 4.33 Å². The van der Waals surface area contributed by atoms with Crippen molar-refractivity contribution in [1.29, 1.82) is 0 Å². The molecule has 1 saturated carbocycles. The molecule has 0 spiro atoms. The highest BCUT2D eigenvalue weighted by Crippen LogP contribution is 2.74. The number of carbonyl (C=O) groups excluding carboxylic acids is 1. The molecule has 1 aliphatic rings. The topological polar surface area (TPSA) is 17.1 Å². The predicted octanol–water partition coefficient (Wildman–Crippen LogP) is 5.16. The Morgan fingerprint density at radius 3 is 2.14 bits per heavy atom. The van der Waals surface area contributed by atoms with E-state index in [1.54, 1.807) is 0 Å². The average Bonchev–Trinajstić information content (AvgIpc) is 2.94. The van der Waals surface area contributed by atoms with Crippen molar-refractivity contribution in [2.24, 2.45) is 5.41 Å². The number of Topliss-reactive ketones (excluding diaryl/α,β-unsaturated/α-hetero) is 1. The third-order valence-electron chi connectivity index (χ3n) is 4.47. The lowest BCUT2D eigenvalue weighted by Crippen LogP contribution is -2.19. The third-order valence-corrected chi connectivity index (χ3v) is 5.69. The van der Waals surface area contributed by atoms with Gasteiger partial charge in [0.15, 0.2) is 5.78 Å². The van der Waals surface area contributed by atoms with E-state index in [-0.39, 0.29) is 11.7 Å². The number of benzene rings is 2. The number of alkyl halides is 2. The predicted molar refractivity (Wildman–Crippen MR) is 87.2 cm³/mol. The fourth-order valence-corrected chi connectivity index (χ4v) is 3.98. The van der Waals surface area contributed by atoms with Crippen LogP contribution in [0.2, 0.25) is 0 Å². The van der Waals surface area contributed by atoms with E-state index in [2.05, 4.69) is 0 Å². The van der Waals surface area contributed by atoms with Gasteiger partial charge in [-0.25, -0.2) is 0 Å². The second-order valence-corrected chi connectivity index (χ2v) is 7.25. The molecular formula is C18H16Cl2O. The fraction of sp³-hybridized carbons (Fsp3) is 0.278. The maximum atomic E-state index is 12.9. The Morgan fingerprint density at radius 2 is 1.57 bits per heavy atom. The van der Waals surface area contributed by atoms with Crippen LogP contribution in [0.3, 0.4) is 0 Å². The average molecular weight is 319 g/mol. The molecule has 2 unspecified atom stereocenters. The fourth-order valence-electron chi connectivity index (χ4n) is 3.01. The zero-order valence-electron chi connectivity index (χ0n) is 11.9. The Hall–Kier alpha value is -1.31. The molecule has 1 fully saturated rings. The van der Waals surface area contributed by atoms with Crippen LogP contribution in [0.25, 0.3) is 0 Å². The van der Waals surface area contributed by atoms with Gasteiger partial charge in [0.25, 0.3) is 0 Å². The van der Waals surface area contributed by atoms with E-state index < -0.39 is 9.75 Å². The largest absolute Gasteiger partial charge is 0.293 e. The number of halogens is 2. The molecule has 21 heavy (non-hydrogen) atoms. The summed E-state index contributed by atoms with van der Waals surface area (Å²) in [6.07, 6.45) is 0. The van der Waals surface area contributed by atoms with Crippen LogP contribution < -0.4 is 0 Å². The van der Waals surface area contributed by atoms with Crippen molar-refractivity contribution in [3.63, 3.8) is 0 Å². The lowest BCUT2D eigenvalue weighted by atomic mass is 9.91. The van der Waals surface area contributed by atoms with Gasteiger partial charge in [0, 0.05) is 11.5 Å². The molecule has 3 heteroatoms. The molecule has 2 aromatic rings. The van der Waals surface area contributed by atoms with Crippen molar-refractivity contribution < 1.29 is 4.79 Å². The van der Waals surface area contributed by atoms with Crippen molar-refractivity contribution in [2.45, 2.75) is 24.1 Å². The van der Waals surface area contributed by atoms with Crippen LogP contribution in [-0.4, -0.2) is 10.1 Å². The molecule has 0 N–H and O–H groups in total.